The number of rotatable bonds is 6. The molecule has 2 aliphatic rings. The smallest absolute Gasteiger partial charge is 0.285 e. The minimum Gasteiger partial charge on any atom is -0.496 e. The van der Waals surface area contributed by atoms with Crippen LogP contribution < -0.4 is 10.1 Å². The maximum Gasteiger partial charge on any atom is 0.285 e. The molecule has 180 valence electrons. The third-order valence-electron chi connectivity index (χ3n) is 6.30. The van der Waals surface area contributed by atoms with Gasteiger partial charge in [0.05, 0.1) is 7.11 Å². The number of para-hydroxylation sites is 1. The Hall–Kier alpha value is -3.20. The summed E-state index contributed by atoms with van der Waals surface area (Å²) in [5.41, 5.74) is 2.01. The molecule has 0 radical (unpaired) electrons. The van der Waals surface area contributed by atoms with Gasteiger partial charge in [0.25, 0.3) is 10.0 Å². The lowest BCUT2D eigenvalue weighted by Crippen LogP contribution is -2.43. The zero-order valence-electron chi connectivity index (χ0n) is 19.3. The van der Waals surface area contributed by atoms with Gasteiger partial charge in [-0.2, -0.15) is 8.42 Å². The molecule has 2 aromatic carbocycles. The normalized spacial score (nSPS) is 18.1. The Bertz CT molecular complexity index is 1230. The maximum absolute atomic E-state index is 13.3. The van der Waals surface area contributed by atoms with Crippen molar-refractivity contribution in [3.05, 3.63) is 71.0 Å². The molecule has 2 aromatic rings. The van der Waals surface area contributed by atoms with E-state index in [1.807, 2.05) is 29.2 Å². The van der Waals surface area contributed by atoms with Crippen molar-refractivity contribution in [2.75, 3.05) is 26.7 Å². The molecule has 1 fully saturated rings. The number of benzene rings is 2. The Balaban J connectivity index is 1.35. The summed E-state index contributed by atoms with van der Waals surface area (Å²) < 4.78 is 48.1. The molecule has 2 heterocycles. The number of hydrogen-bond donors (Lipinski definition) is 1. The molecule has 34 heavy (non-hydrogen) atoms. The van der Waals surface area contributed by atoms with Crippen molar-refractivity contribution in [3.8, 4) is 5.75 Å². The van der Waals surface area contributed by atoms with E-state index < -0.39 is 15.8 Å². The van der Waals surface area contributed by atoms with Crippen LogP contribution in [0.4, 0.5) is 4.39 Å². The Morgan fingerprint density at radius 1 is 1.15 bits per heavy atom. The summed E-state index contributed by atoms with van der Waals surface area (Å²) in [6.45, 7) is 3.31. The zero-order chi connectivity index (χ0) is 24.3. The van der Waals surface area contributed by atoms with Gasteiger partial charge in [-0.1, -0.05) is 30.3 Å². The van der Waals surface area contributed by atoms with E-state index in [-0.39, 0.29) is 16.7 Å². The van der Waals surface area contributed by atoms with E-state index in [2.05, 4.69) is 9.71 Å². The summed E-state index contributed by atoms with van der Waals surface area (Å²) in [5.74, 6) is 0.667. The predicted molar refractivity (Wildman–Crippen MR) is 129 cm³/mol. The summed E-state index contributed by atoms with van der Waals surface area (Å²) in [7, 11) is -2.23. The van der Waals surface area contributed by atoms with Gasteiger partial charge in [0.1, 0.15) is 22.3 Å². The van der Waals surface area contributed by atoms with Gasteiger partial charge < -0.3 is 15.0 Å². The Kier molecular flexibility index (Phi) is 7.02. The second-order valence-corrected chi connectivity index (χ2v) is 10.0. The van der Waals surface area contributed by atoms with Crippen molar-refractivity contribution in [1.82, 2.24) is 10.2 Å². The molecular weight excluding hydrogens is 457 g/mol. The minimum absolute atomic E-state index is 0.00907. The van der Waals surface area contributed by atoms with Crippen molar-refractivity contribution < 1.29 is 22.3 Å². The highest BCUT2D eigenvalue weighted by atomic mass is 32.2. The molecule has 0 atom stereocenters. The van der Waals surface area contributed by atoms with Gasteiger partial charge in [-0.25, -0.2) is 4.39 Å². The van der Waals surface area contributed by atoms with E-state index in [4.69, 9.17) is 4.74 Å². The largest absolute Gasteiger partial charge is 0.496 e. The number of likely N-dealkylation sites (tertiary alicyclic amines) is 1. The number of amides is 1. The van der Waals surface area contributed by atoms with Crippen LogP contribution in [0.5, 0.6) is 5.75 Å². The van der Waals surface area contributed by atoms with Crippen LogP contribution in [-0.4, -0.2) is 51.8 Å². The van der Waals surface area contributed by atoms with Crippen molar-refractivity contribution >= 4 is 26.7 Å². The van der Waals surface area contributed by atoms with E-state index >= 15 is 0 Å². The van der Waals surface area contributed by atoms with Crippen molar-refractivity contribution in [2.45, 2.75) is 26.2 Å². The van der Waals surface area contributed by atoms with Crippen molar-refractivity contribution in [3.63, 3.8) is 0 Å². The molecule has 9 heteroatoms. The van der Waals surface area contributed by atoms with Gasteiger partial charge in [0.15, 0.2) is 0 Å². The molecule has 2 aliphatic heterocycles. The van der Waals surface area contributed by atoms with Gasteiger partial charge in [-0.15, -0.1) is 4.40 Å². The highest BCUT2D eigenvalue weighted by molar-refractivity contribution is 8.00. The first-order valence-electron chi connectivity index (χ1n) is 11.3. The standard InChI is InChI=1S/C25H28FN3O4S/c1-17-23(19-7-9-21(26)10-8-19)34(31,32)28-24(17)29-15-12-20(13-16-29)25(30)27-14-11-18-5-3-4-6-22(18)33-2/h3-10,20H,11-16H2,1-2H3,(H,27,30). The summed E-state index contributed by atoms with van der Waals surface area (Å²) in [4.78, 5) is 14.7. The van der Waals surface area contributed by atoms with Crippen LogP contribution in [-0.2, 0) is 21.2 Å². The topological polar surface area (TPSA) is 88.1 Å². The molecule has 7 nitrogen and oxygen atoms in total. The SMILES string of the molecule is COc1ccccc1CCNC(=O)C1CCN(C2=NS(=O)(=O)C(c3ccc(F)cc3)=C2C)CC1. The summed E-state index contributed by atoms with van der Waals surface area (Å²) >= 11 is 0. The average molecular weight is 486 g/mol. The fraction of sp³-hybridized carbons (Fsp3) is 0.360. The first-order chi connectivity index (χ1) is 16.3. The summed E-state index contributed by atoms with van der Waals surface area (Å²) in [6, 6.07) is 13.1. The average Bonchev–Trinajstić information content (AvgIpc) is 3.08. The summed E-state index contributed by atoms with van der Waals surface area (Å²) in [6.07, 6.45) is 1.90. The van der Waals surface area contributed by atoms with Crippen molar-refractivity contribution in [1.29, 1.82) is 0 Å². The quantitative estimate of drug-likeness (QED) is 0.678. The van der Waals surface area contributed by atoms with E-state index in [1.54, 1.807) is 14.0 Å². The second-order valence-electron chi connectivity index (χ2n) is 8.47. The predicted octanol–water partition coefficient (Wildman–Crippen LogP) is 3.38. The molecule has 0 saturated carbocycles. The number of amidine groups is 1. The number of carbonyl (C=O) groups excluding carboxylic acids is 1. The third-order valence-corrected chi connectivity index (χ3v) is 7.77. The number of hydrogen-bond acceptors (Lipinski definition) is 5. The second kappa shape index (κ2) is 9.97. The molecule has 1 saturated heterocycles. The van der Waals surface area contributed by atoms with E-state index in [0.717, 1.165) is 11.3 Å². The number of nitrogens with zero attached hydrogens (tertiary/aromatic N) is 2. The Morgan fingerprint density at radius 3 is 2.50 bits per heavy atom. The lowest BCUT2D eigenvalue weighted by Gasteiger charge is -2.32. The van der Waals surface area contributed by atoms with Crippen LogP contribution in [0, 0.1) is 11.7 Å². The zero-order valence-corrected chi connectivity index (χ0v) is 20.1. The maximum atomic E-state index is 13.3. The fourth-order valence-electron chi connectivity index (χ4n) is 4.51. The third kappa shape index (κ3) is 4.99. The van der Waals surface area contributed by atoms with Crippen LogP contribution in [0.25, 0.3) is 4.91 Å². The number of sulfonamides is 1. The molecule has 1 amide bonds. The van der Waals surface area contributed by atoms with Crippen LogP contribution in [0.1, 0.15) is 30.9 Å². The first-order valence-corrected chi connectivity index (χ1v) is 12.7. The van der Waals surface area contributed by atoms with E-state index in [0.29, 0.717) is 55.9 Å². The van der Waals surface area contributed by atoms with Crippen LogP contribution >= 0.6 is 0 Å². The number of ether oxygens (including phenoxy) is 1. The lowest BCUT2D eigenvalue weighted by molar-refractivity contribution is -0.126. The minimum atomic E-state index is -3.86. The number of methoxy groups -OCH3 is 1. The number of nitrogens with one attached hydrogen (secondary N) is 1. The molecule has 0 unspecified atom stereocenters. The van der Waals surface area contributed by atoms with Gasteiger partial charge in [0, 0.05) is 31.1 Å². The molecule has 0 spiro atoms. The fourth-order valence-corrected chi connectivity index (χ4v) is 6.00. The van der Waals surface area contributed by atoms with Gasteiger partial charge in [-0.3, -0.25) is 4.79 Å². The Morgan fingerprint density at radius 2 is 1.82 bits per heavy atom. The summed E-state index contributed by atoms with van der Waals surface area (Å²) in [5, 5.41) is 3.01. The molecule has 4 rings (SSSR count). The monoisotopic (exact) mass is 485 g/mol. The van der Waals surface area contributed by atoms with Gasteiger partial charge in [-0.05, 0) is 55.5 Å². The van der Waals surface area contributed by atoms with Crippen molar-refractivity contribution in [2.24, 2.45) is 10.3 Å². The molecule has 1 N–H and O–H groups in total. The molecule has 0 aromatic heterocycles. The first kappa shape index (κ1) is 23.9. The number of carbonyl (C=O) groups is 1. The lowest BCUT2D eigenvalue weighted by atomic mass is 9.95. The molecule has 0 bridgehead atoms. The highest BCUT2D eigenvalue weighted by Crippen LogP contribution is 2.34. The Labute approximate surface area is 199 Å². The highest BCUT2D eigenvalue weighted by Gasteiger charge is 2.35. The van der Waals surface area contributed by atoms with E-state index in [1.165, 1.54) is 24.3 Å². The van der Waals surface area contributed by atoms with Gasteiger partial charge in [0.2, 0.25) is 5.91 Å². The van der Waals surface area contributed by atoms with E-state index in [9.17, 15) is 17.6 Å². The van der Waals surface area contributed by atoms with Crippen LogP contribution in [0.3, 0.4) is 0 Å². The van der Waals surface area contributed by atoms with Gasteiger partial charge >= 0.3 is 0 Å². The van der Waals surface area contributed by atoms with Crippen LogP contribution in [0.15, 0.2) is 58.5 Å². The van der Waals surface area contributed by atoms with Crippen LogP contribution in [0.2, 0.25) is 0 Å². The molecular formula is C25H28FN3O4S. The number of piperidine rings is 1. The number of halogens is 1. The molecule has 0 aliphatic carbocycles.